The van der Waals surface area contributed by atoms with Crippen molar-refractivity contribution in [3.05, 3.63) is 29.1 Å². The molecule has 0 aliphatic heterocycles. The van der Waals surface area contributed by atoms with Gasteiger partial charge in [-0.1, -0.05) is 13.3 Å². The molecule has 0 bridgehead atoms. The lowest BCUT2D eigenvalue weighted by Gasteiger charge is -2.03. The van der Waals surface area contributed by atoms with Gasteiger partial charge in [0.15, 0.2) is 5.13 Å². The van der Waals surface area contributed by atoms with E-state index in [1.165, 1.54) is 11.3 Å². The van der Waals surface area contributed by atoms with Crippen LogP contribution in [0.5, 0.6) is 5.75 Å². The zero-order valence-corrected chi connectivity index (χ0v) is 15.0. The fraction of sp³-hybridized carbons (Fsp3) is 0.444. The second-order valence-corrected chi connectivity index (χ2v) is 7.27. The average Bonchev–Trinajstić information content (AvgIpc) is 2.99. The number of thiazole rings is 1. The van der Waals surface area contributed by atoms with Crippen LogP contribution < -0.4 is 10.1 Å². The summed E-state index contributed by atoms with van der Waals surface area (Å²) in [5, 5.41) is 3.13. The predicted octanol–water partition coefficient (Wildman–Crippen LogP) is 4.76. The first kappa shape index (κ1) is 17.8. The lowest BCUT2D eigenvalue weighted by atomic mass is 10.1. The van der Waals surface area contributed by atoms with E-state index in [2.05, 4.69) is 17.2 Å². The van der Waals surface area contributed by atoms with Crippen molar-refractivity contribution in [3.8, 4) is 17.0 Å². The van der Waals surface area contributed by atoms with Crippen molar-refractivity contribution in [2.24, 2.45) is 5.92 Å². The molecule has 1 aliphatic carbocycles. The molecule has 134 valence electrons. The van der Waals surface area contributed by atoms with Crippen LogP contribution in [0, 0.1) is 5.92 Å². The Morgan fingerprint density at radius 1 is 1.40 bits per heavy atom. The molecule has 1 unspecified atom stereocenters. The minimum Gasteiger partial charge on any atom is -0.497 e. The number of halogens is 2. The Kier molecular flexibility index (Phi) is 5.03. The molecule has 25 heavy (non-hydrogen) atoms. The van der Waals surface area contributed by atoms with Crippen LogP contribution in [0.3, 0.4) is 0 Å². The molecule has 1 heterocycles. The van der Waals surface area contributed by atoms with Gasteiger partial charge in [0.2, 0.25) is 5.91 Å². The molecule has 1 N–H and O–H groups in total. The van der Waals surface area contributed by atoms with Gasteiger partial charge in [-0.05, 0) is 30.7 Å². The highest BCUT2D eigenvalue weighted by atomic mass is 32.1. The Hall–Kier alpha value is -2.02. The van der Waals surface area contributed by atoms with E-state index in [1.807, 2.05) is 24.3 Å². The number of rotatable bonds is 7. The van der Waals surface area contributed by atoms with Gasteiger partial charge in [-0.3, -0.25) is 4.79 Å². The van der Waals surface area contributed by atoms with Crippen LogP contribution in [0.2, 0.25) is 0 Å². The third-order valence-electron chi connectivity index (χ3n) is 4.17. The highest BCUT2D eigenvalue weighted by Crippen LogP contribution is 2.50. The van der Waals surface area contributed by atoms with Gasteiger partial charge in [0.05, 0.1) is 12.8 Å². The number of nitrogens with one attached hydrogen (secondary N) is 1. The number of aromatic nitrogens is 1. The average molecular weight is 366 g/mol. The summed E-state index contributed by atoms with van der Waals surface area (Å²) in [7, 11) is 1.61. The molecule has 0 radical (unpaired) electrons. The van der Waals surface area contributed by atoms with Gasteiger partial charge < -0.3 is 10.1 Å². The van der Waals surface area contributed by atoms with Crippen LogP contribution in [0.15, 0.2) is 24.3 Å². The minimum atomic E-state index is -2.68. The summed E-state index contributed by atoms with van der Waals surface area (Å²) in [4.78, 5) is 17.5. The largest absolute Gasteiger partial charge is 0.497 e. The second kappa shape index (κ2) is 7.07. The fourth-order valence-electron chi connectivity index (χ4n) is 2.66. The normalized spacial score (nSPS) is 18.0. The Bertz CT molecular complexity index is 759. The molecular weight excluding hydrogens is 346 g/mol. The molecule has 0 spiro atoms. The van der Waals surface area contributed by atoms with E-state index in [9.17, 15) is 13.6 Å². The van der Waals surface area contributed by atoms with Gasteiger partial charge in [-0.2, -0.15) is 0 Å². The van der Waals surface area contributed by atoms with E-state index in [-0.39, 0.29) is 12.8 Å². The number of carbonyl (C=O) groups is 1. The van der Waals surface area contributed by atoms with E-state index in [4.69, 9.17) is 4.74 Å². The summed E-state index contributed by atoms with van der Waals surface area (Å²) in [5.74, 6) is -3.15. The highest BCUT2D eigenvalue weighted by molar-refractivity contribution is 7.16. The summed E-state index contributed by atoms with van der Waals surface area (Å²) in [6.07, 6.45) is 1.44. The molecule has 1 aromatic heterocycles. The van der Waals surface area contributed by atoms with Crippen molar-refractivity contribution >= 4 is 22.4 Å². The summed E-state index contributed by atoms with van der Waals surface area (Å²) >= 11 is 1.40. The smallest absolute Gasteiger partial charge is 0.252 e. The van der Waals surface area contributed by atoms with Crippen molar-refractivity contribution in [1.82, 2.24) is 4.98 Å². The number of methoxy groups -OCH3 is 1. The van der Waals surface area contributed by atoms with Crippen molar-refractivity contribution in [2.75, 3.05) is 12.4 Å². The summed E-state index contributed by atoms with van der Waals surface area (Å²) in [5.41, 5.74) is 1.76. The summed E-state index contributed by atoms with van der Waals surface area (Å²) in [6.45, 7) is 2.07. The Labute approximate surface area is 149 Å². The Morgan fingerprint density at radius 2 is 2.08 bits per heavy atom. The molecule has 1 amide bonds. The van der Waals surface area contributed by atoms with E-state index in [0.29, 0.717) is 5.13 Å². The molecule has 2 aromatic rings. The van der Waals surface area contributed by atoms with Gasteiger partial charge in [-0.15, -0.1) is 11.3 Å². The summed E-state index contributed by atoms with van der Waals surface area (Å²) < 4.78 is 31.1. The zero-order chi connectivity index (χ0) is 18.0. The number of hydrogen-bond acceptors (Lipinski definition) is 4. The van der Waals surface area contributed by atoms with E-state index in [1.54, 1.807) is 7.11 Å². The lowest BCUT2D eigenvalue weighted by molar-refractivity contribution is -0.117. The van der Waals surface area contributed by atoms with Crippen LogP contribution in [0.4, 0.5) is 13.9 Å². The minimum absolute atomic E-state index is 0.159. The van der Waals surface area contributed by atoms with Crippen molar-refractivity contribution in [2.45, 2.75) is 38.5 Å². The fourth-order valence-corrected chi connectivity index (χ4v) is 3.76. The molecule has 1 fully saturated rings. The van der Waals surface area contributed by atoms with Crippen molar-refractivity contribution in [3.63, 3.8) is 0 Å². The van der Waals surface area contributed by atoms with Crippen LogP contribution >= 0.6 is 11.3 Å². The third kappa shape index (κ3) is 4.15. The number of carbonyl (C=O) groups excluding carboxylic acids is 1. The number of amides is 1. The van der Waals surface area contributed by atoms with Gasteiger partial charge in [0, 0.05) is 29.2 Å². The molecule has 1 saturated carbocycles. The van der Waals surface area contributed by atoms with Crippen LogP contribution in [-0.4, -0.2) is 23.9 Å². The zero-order valence-electron chi connectivity index (χ0n) is 14.1. The van der Waals surface area contributed by atoms with E-state index in [0.717, 1.165) is 34.7 Å². The molecule has 1 aromatic carbocycles. The highest BCUT2D eigenvalue weighted by Gasteiger charge is 2.57. The van der Waals surface area contributed by atoms with Gasteiger partial charge in [-0.25, -0.2) is 13.8 Å². The van der Waals surface area contributed by atoms with Crippen LogP contribution in [0.1, 0.15) is 31.1 Å². The van der Waals surface area contributed by atoms with Crippen LogP contribution in [-0.2, 0) is 11.2 Å². The number of benzene rings is 1. The molecule has 4 nitrogen and oxygen atoms in total. The van der Waals surface area contributed by atoms with Gasteiger partial charge in [0.25, 0.3) is 5.92 Å². The SMILES string of the molecule is CCCc1sc(NC(=O)CC2CC2(F)F)nc1-c1ccc(OC)cc1. The second-order valence-electron chi connectivity index (χ2n) is 6.18. The monoisotopic (exact) mass is 366 g/mol. The first-order valence-electron chi connectivity index (χ1n) is 8.24. The van der Waals surface area contributed by atoms with Gasteiger partial charge >= 0.3 is 0 Å². The van der Waals surface area contributed by atoms with Crippen molar-refractivity contribution < 1.29 is 18.3 Å². The van der Waals surface area contributed by atoms with E-state index < -0.39 is 17.7 Å². The first-order chi connectivity index (χ1) is 11.9. The number of hydrogen-bond donors (Lipinski definition) is 1. The first-order valence-corrected chi connectivity index (χ1v) is 9.06. The Balaban J connectivity index is 1.75. The predicted molar refractivity (Wildman–Crippen MR) is 94.4 cm³/mol. The quantitative estimate of drug-likeness (QED) is 0.769. The van der Waals surface area contributed by atoms with Crippen LogP contribution in [0.25, 0.3) is 11.3 Å². The van der Waals surface area contributed by atoms with E-state index >= 15 is 0 Å². The molecule has 7 heteroatoms. The number of anilines is 1. The molecule has 1 aliphatic rings. The topological polar surface area (TPSA) is 51.2 Å². The standard InChI is InChI=1S/C18H20F2N2O2S/c1-3-4-14-16(11-5-7-13(24-2)8-6-11)22-17(25-14)21-15(23)9-12-10-18(12,19)20/h5-8,12H,3-4,9-10H2,1-2H3,(H,21,22,23). The maximum Gasteiger partial charge on any atom is 0.252 e. The molecular formula is C18H20F2N2O2S. The van der Waals surface area contributed by atoms with Crippen molar-refractivity contribution in [1.29, 1.82) is 0 Å². The lowest BCUT2D eigenvalue weighted by Crippen LogP contribution is -2.13. The molecule has 3 rings (SSSR count). The summed E-state index contributed by atoms with van der Waals surface area (Å²) in [6, 6.07) is 7.56. The van der Waals surface area contributed by atoms with Gasteiger partial charge in [0.1, 0.15) is 5.75 Å². The Morgan fingerprint density at radius 3 is 2.64 bits per heavy atom. The number of alkyl halides is 2. The maximum absolute atomic E-state index is 12.9. The number of nitrogens with zero attached hydrogens (tertiary/aromatic N) is 1. The maximum atomic E-state index is 12.9. The third-order valence-corrected chi connectivity index (χ3v) is 5.20. The number of ether oxygens (including phenoxy) is 1. The molecule has 1 atom stereocenters. The molecule has 0 saturated heterocycles. The number of aryl methyl sites for hydroxylation is 1.